The molecule has 0 aliphatic carbocycles. The molecular weight excluding hydrogens is 247 g/mol. The first-order valence-corrected chi connectivity index (χ1v) is 1.50. The second-order valence-electron chi connectivity index (χ2n) is 0. The van der Waals surface area contributed by atoms with E-state index < -0.39 is 0 Å². The van der Waals surface area contributed by atoms with Crippen molar-refractivity contribution >= 4 is 0 Å². The van der Waals surface area contributed by atoms with Gasteiger partial charge in [-0.2, -0.15) is 0 Å². The molecule has 0 atom stereocenters. The van der Waals surface area contributed by atoms with Crippen LogP contribution in [0.15, 0.2) is 0 Å². The molecule has 0 spiro atoms. The van der Waals surface area contributed by atoms with E-state index in [9.17, 15) is 0 Å². The third kappa shape index (κ3) is 23.0. The molecule has 0 aliphatic rings. The predicted octanol–water partition coefficient (Wildman–Crippen LogP) is -0.129. The third-order valence-electron chi connectivity index (χ3n) is 0. The van der Waals surface area contributed by atoms with Crippen LogP contribution < -0.4 is 0 Å². The van der Waals surface area contributed by atoms with Gasteiger partial charge in [0.05, 0.1) is 0 Å². The maximum Gasteiger partial charge on any atom is 0 e. The standard InChI is InChI=1S/Co.Ni.O.Ti.Zn. The number of hydrogen-bond donors (Lipinski definition) is 0. The van der Waals surface area contributed by atoms with E-state index in [1.807, 2.05) is 0 Å². The molecule has 0 saturated heterocycles. The summed E-state index contributed by atoms with van der Waals surface area (Å²) < 4.78 is 8.38. The average Bonchev–Trinajstić information content (AvgIpc) is 1.00. The molecule has 0 saturated carbocycles. The minimum atomic E-state index is 0. The van der Waals surface area contributed by atoms with Gasteiger partial charge in [-0.3, -0.25) is 0 Å². The molecule has 0 heterocycles. The van der Waals surface area contributed by atoms with Crippen molar-refractivity contribution in [3.8, 4) is 0 Å². The fourth-order valence-electron chi connectivity index (χ4n) is 0. The van der Waals surface area contributed by atoms with Gasteiger partial charge in [-0.05, 0) is 0 Å². The van der Waals surface area contributed by atoms with Crippen molar-refractivity contribution in [2.45, 2.75) is 0 Å². The van der Waals surface area contributed by atoms with E-state index in [4.69, 9.17) is 3.57 Å². The summed E-state index contributed by atoms with van der Waals surface area (Å²) in [6.45, 7) is 0. The molecule has 0 aliphatic heterocycles. The Labute approximate surface area is 76.0 Å². The van der Waals surface area contributed by atoms with E-state index in [-0.39, 0.29) is 73.2 Å². The van der Waals surface area contributed by atoms with Gasteiger partial charge in [-0.25, -0.2) is 0 Å². The van der Waals surface area contributed by atoms with Crippen LogP contribution in [0.2, 0.25) is 0 Å². The topological polar surface area (TPSA) is 17.1 Å². The third-order valence-corrected chi connectivity index (χ3v) is 0. The normalized spacial score (nSPS) is 1.20. The van der Waals surface area contributed by atoms with Crippen LogP contribution in [0.5, 0.6) is 0 Å². The SMILES string of the molecule is [Co].[Ni].[O]=[Zn].[Ti]. The maximum absolute atomic E-state index is 8.38. The van der Waals surface area contributed by atoms with Crippen molar-refractivity contribution in [3.63, 3.8) is 0 Å². The van der Waals surface area contributed by atoms with Gasteiger partial charge in [0.25, 0.3) is 0 Å². The number of hydrogen-bond acceptors (Lipinski definition) is 1. The van der Waals surface area contributed by atoms with E-state index in [1.54, 1.807) is 0 Å². The van der Waals surface area contributed by atoms with Crippen LogP contribution >= 0.6 is 0 Å². The minimum absolute atomic E-state index is 0. The van der Waals surface area contributed by atoms with Crippen LogP contribution in [-0.4, -0.2) is 0 Å². The predicted molar refractivity (Wildman–Crippen MR) is 0.686 cm³/mol. The maximum atomic E-state index is 8.38. The molecule has 0 aromatic carbocycles. The number of rotatable bonds is 0. The van der Waals surface area contributed by atoms with Gasteiger partial charge in [0.2, 0.25) is 0 Å². The Morgan fingerprint density at radius 1 is 1.20 bits per heavy atom. The van der Waals surface area contributed by atoms with Crippen molar-refractivity contribution in [1.82, 2.24) is 0 Å². The minimum Gasteiger partial charge on any atom is 0 e. The fourth-order valence-corrected chi connectivity index (χ4v) is 0. The van der Waals surface area contributed by atoms with Gasteiger partial charge >= 0.3 is 21.8 Å². The van der Waals surface area contributed by atoms with Gasteiger partial charge < -0.3 is 0 Å². The van der Waals surface area contributed by atoms with E-state index in [0.717, 1.165) is 0 Å². The first-order valence-electron chi connectivity index (χ1n) is 0.289. The van der Waals surface area contributed by atoms with Crippen molar-refractivity contribution in [3.05, 3.63) is 0 Å². The van der Waals surface area contributed by atoms with E-state index in [0.29, 0.717) is 0 Å². The van der Waals surface area contributed by atoms with Crippen LogP contribution in [0.3, 0.4) is 0 Å². The zero-order valence-electron chi connectivity index (χ0n) is 2.26. The van der Waals surface area contributed by atoms with Crippen molar-refractivity contribution in [1.29, 1.82) is 0 Å². The Morgan fingerprint density at radius 3 is 1.20 bits per heavy atom. The Balaban J connectivity index is -0.00000000167. The quantitative estimate of drug-likeness (QED) is 0.545. The van der Waals surface area contributed by atoms with Crippen LogP contribution in [-0.2, 0) is 76.8 Å². The monoisotopic (exact) mass is 245 g/mol. The molecule has 0 bridgehead atoms. The molecule has 31 valence electrons. The van der Waals surface area contributed by atoms with Crippen molar-refractivity contribution < 1.29 is 76.8 Å². The van der Waals surface area contributed by atoms with Gasteiger partial charge in [0.1, 0.15) is 0 Å². The average molecular weight is 247 g/mol. The molecule has 0 aromatic rings. The van der Waals surface area contributed by atoms with Crippen LogP contribution in [0, 0.1) is 0 Å². The van der Waals surface area contributed by atoms with Crippen molar-refractivity contribution in [2.24, 2.45) is 0 Å². The van der Waals surface area contributed by atoms with Crippen LogP contribution in [0.25, 0.3) is 0 Å². The second kappa shape index (κ2) is 35.5. The molecule has 5 heteroatoms. The van der Waals surface area contributed by atoms with E-state index >= 15 is 0 Å². The zero-order chi connectivity index (χ0) is 2.00. The summed E-state index contributed by atoms with van der Waals surface area (Å²) >= 11 is 0.125. The first kappa shape index (κ1) is 27.3. The summed E-state index contributed by atoms with van der Waals surface area (Å²) in [7, 11) is 0. The summed E-state index contributed by atoms with van der Waals surface area (Å²) in [5.41, 5.74) is 0. The largest absolute Gasteiger partial charge is 0 e. The smallest absolute Gasteiger partial charge is 0 e. The molecule has 0 amide bonds. The fraction of sp³-hybridized carbons (Fsp3) is 0. The van der Waals surface area contributed by atoms with Gasteiger partial charge in [-0.1, -0.05) is 0 Å². The molecule has 5 heavy (non-hydrogen) atoms. The van der Waals surface area contributed by atoms with E-state index in [2.05, 4.69) is 0 Å². The van der Waals surface area contributed by atoms with Crippen LogP contribution in [0.4, 0.5) is 0 Å². The summed E-state index contributed by atoms with van der Waals surface area (Å²) in [6.07, 6.45) is 0. The second-order valence-corrected chi connectivity index (χ2v) is 0. The Morgan fingerprint density at radius 2 is 1.20 bits per heavy atom. The summed E-state index contributed by atoms with van der Waals surface area (Å²) in [5.74, 6) is 0. The van der Waals surface area contributed by atoms with Crippen molar-refractivity contribution in [2.75, 3.05) is 0 Å². The molecule has 0 fully saturated rings. The summed E-state index contributed by atoms with van der Waals surface area (Å²) in [4.78, 5) is 0. The molecule has 1 radical (unpaired) electrons. The van der Waals surface area contributed by atoms with E-state index in [1.165, 1.54) is 0 Å². The molecule has 1 nitrogen and oxygen atoms in total. The van der Waals surface area contributed by atoms with Crippen LogP contribution in [0.1, 0.15) is 0 Å². The summed E-state index contributed by atoms with van der Waals surface area (Å²) in [6, 6.07) is 0. The molecule has 0 rings (SSSR count). The molecular formula is CoNiOTiZn. The Hall–Kier alpha value is 2.14. The molecule has 0 N–H and O–H groups in total. The molecule has 0 unspecified atom stereocenters. The zero-order valence-corrected chi connectivity index (χ0v) is 8.82. The Bertz CT molecular complexity index is 11.6. The summed E-state index contributed by atoms with van der Waals surface area (Å²) in [5, 5.41) is 0. The van der Waals surface area contributed by atoms with Gasteiger partial charge in [0.15, 0.2) is 0 Å². The van der Waals surface area contributed by atoms with Gasteiger partial charge in [-0.15, -0.1) is 0 Å². The first-order chi connectivity index (χ1) is 1.00. The Kier molecular flexibility index (Phi) is 194. The molecule has 0 aromatic heterocycles. The van der Waals surface area contributed by atoms with Gasteiger partial charge in [0, 0.05) is 55.0 Å².